The topological polar surface area (TPSA) is 131 Å². The fourth-order valence-corrected chi connectivity index (χ4v) is 3.91. The number of amides is 2. The zero-order valence-electron chi connectivity index (χ0n) is 19.0. The lowest BCUT2D eigenvalue weighted by Crippen LogP contribution is -2.54. The fraction of sp³-hybridized carbons (Fsp3) is 0.400. The molecule has 0 heterocycles. The van der Waals surface area contributed by atoms with E-state index in [2.05, 4.69) is 34.9 Å². The van der Waals surface area contributed by atoms with E-state index in [9.17, 15) is 14.4 Å². The second kappa shape index (κ2) is 10.5. The second-order valence-corrected chi connectivity index (χ2v) is 8.77. The Morgan fingerprint density at radius 1 is 1.03 bits per heavy atom. The molecule has 0 radical (unpaired) electrons. The maximum absolute atomic E-state index is 12.2. The van der Waals surface area contributed by atoms with E-state index >= 15 is 0 Å². The predicted octanol–water partition coefficient (Wildman–Crippen LogP) is 3.00. The number of nitrogens with one attached hydrogen (secondary N) is 2. The summed E-state index contributed by atoms with van der Waals surface area (Å²) in [5.41, 5.74) is 9.14. The molecule has 0 aromatic heterocycles. The van der Waals surface area contributed by atoms with Crippen LogP contribution in [0.1, 0.15) is 50.2 Å². The van der Waals surface area contributed by atoms with E-state index in [1.54, 1.807) is 0 Å². The number of carboxylic acid groups (broad SMARTS) is 1. The summed E-state index contributed by atoms with van der Waals surface area (Å²) in [6, 6.07) is 15.5. The summed E-state index contributed by atoms with van der Waals surface area (Å²) < 4.78 is 5.49. The third kappa shape index (κ3) is 5.90. The Kier molecular flexibility index (Phi) is 7.71. The third-order valence-electron chi connectivity index (χ3n) is 5.86. The Morgan fingerprint density at radius 2 is 1.61 bits per heavy atom. The van der Waals surface area contributed by atoms with Crippen LogP contribution in [0.2, 0.25) is 0 Å². The Morgan fingerprint density at radius 3 is 2.18 bits per heavy atom. The van der Waals surface area contributed by atoms with Crippen LogP contribution in [-0.2, 0) is 14.3 Å². The number of carbonyl (C=O) groups is 3. The molecular formula is C25H31N3O5. The second-order valence-electron chi connectivity index (χ2n) is 8.77. The van der Waals surface area contributed by atoms with Crippen LogP contribution >= 0.6 is 0 Å². The highest BCUT2D eigenvalue weighted by molar-refractivity contribution is 5.88. The van der Waals surface area contributed by atoms with Gasteiger partial charge in [-0.15, -0.1) is 0 Å². The molecule has 1 aliphatic carbocycles. The van der Waals surface area contributed by atoms with Crippen LogP contribution in [0.5, 0.6) is 0 Å². The van der Waals surface area contributed by atoms with E-state index in [0.717, 1.165) is 11.1 Å². The van der Waals surface area contributed by atoms with Crippen LogP contribution in [0.4, 0.5) is 4.79 Å². The van der Waals surface area contributed by atoms with Gasteiger partial charge in [-0.25, -0.2) is 9.59 Å². The first-order valence-corrected chi connectivity index (χ1v) is 11.1. The standard InChI is InChI=1S/C25H31N3O5/c1-25(2,23(30)31)28-22(29)21(26)13-7-8-14-27-24(32)33-15-20-18-11-5-3-9-16(18)17-10-4-6-12-19(17)20/h3-6,9-12,20-21H,7-8,13-15,26H2,1-2H3,(H,27,32)(H,28,29)(H,30,31). The Bertz CT molecular complexity index is 975. The molecule has 2 amide bonds. The largest absolute Gasteiger partial charge is 0.480 e. The van der Waals surface area contributed by atoms with Crippen molar-refractivity contribution in [3.8, 4) is 11.1 Å². The molecule has 5 N–H and O–H groups in total. The normalized spacial score (nSPS) is 13.5. The van der Waals surface area contributed by atoms with E-state index in [1.165, 1.54) is 25.0 Å². The van der Waals surface area contributed by atoms with Crippen molar-refractivity contribution in [2.24, 2.45) is 5.73 Å². The molecule has 0 fully saturated rings. The van der Waals surface area contributed by atoms with Gasteiger partial charge in [0.05, 0.1) is 6.04 Å². The van der Waals surface area contributed by atoms with Gasteiger partial charge in [0.15, 0.2) is 0 Å². The molecule has 8 heteroatoms. The summed E-state index contributed by atoms with van der Waals surface area (Å²) in [4.78, 5) is 35.3. The van der Waals surface area contributed by atoms with Gasteiger partial charge in [0.25, 0.3) is 0 Å². The highest BCUT2D eigenvalue weighted by Gasteiger charge is 2.31. The van der Waals surface area contributed by atoms with Gasteiger partial charge < -0.3 is 26.2 Å². The quantitative estimate of drug-likeness (QED) is 0.409. The van der Waals surface area contributed by atoms with E-state index in [0.29, 0.717) is 25.8 Å². The summed E-state index contributed by atoms with van der Waals surface area (Å²) in [5.74, 6) is -1.63. The third-order valence-corrected chi connectivity index (χ3v) is 5.86. The van der Waals surface area contributed by atoms with E-state index in [-0.39, 0.29) is 12.5 Å². The molecule has 2 aromatic carbocycles. The van der Waals surface area contributed by atoms with Crippen LogP contribution in [0.25, 0.3) is 11.1 Å². The first kappa shape index (κ1) is 24.3. The molecule has 8 nitrogen and oxygen atoms in total. The monoisotopic (exact) mass is 453 g/mol. The molecule has 0 saturated heterocycles. The summed E-state index contributed by atoms with van der Waals surface area (Å²) >= 11 is 0. The lowest BCUT2D eigenvalue weighted by molar-refractivity contribution is -0.146. The van der Waals surface area contributed by atoms with Gasteiger partial charge in [0, 0.05) is 12.5 Å². The zero-order valence-corrected chi connectivity index (χ0v) is 19.0. The van der Waals surface area contributed by atoms with Gasteiger partial charge in [-0.1, -0.05) is 48.5 Å². The maximum atomic E-state index is 12.2. The van der Waals surface area contributed by atoms with Gasteiger partial charge in [-0.2, -0.15) is 0 Å². The highest BCUT2D eigenvalue weighted by atomic mass is 16.5. The summed E-state index contributed by atoms with van der Waals surface area (Å²) in [6.07, 6.45) is 1.12. The fourth-order valence-electron chi connectivity index (χ4n) is 3.91. The summed E-state index contributed by atoms with van der Waals surface area (Å²) in [7, 11) is 0. The number of ether oxygens (including phenoxy) is 1. The van der Waals surface area contributed by atoms with Crippen molar-refractivity contribution in [2.45, 2.75) is 50.6 Å². The molecule has 1 aliphatic rings. The SMILES string of the molecule is CC(C)(NC(=O)C(N)CCCCNC(=O)OCC1c2ccccc2-c2ccccc21)C(=O)O. The molecule has 0 spiro atoms. The molecule has 2 aromatic rings. The van der Waals surface area contributed by atoms with Crippen LogP contribution < -0.4 is 16.4 Å². The Labute approximate surface area is 193 Å². The van der Waals surface area contributed by atoms with Crippen LogP contribution in [0, 0.1) is 0 Å². The molecule has 0 aliphatic heterocycles. The predicted molar refractivity (Wildman–Crippen MR) is 125 cm³/mol. The van der Waals surface area contributed by atoms with Gasteiger partial charge >= 0.3 is 12.1 Å². The molecule has 3 rings (SSSR count). The first-order chi connectivity index (χ1) is 15.7. The molecule has 1 atom stereocenters. The maximum Gasteiger partial charge on any atom is 0.407 e. The number of rotatable bonds is 10. The molecule has 33 heavy (non-hydrogen) atoms. The molecule has 1 unspecified atom stereocenters. The number of unbranched alkanes of at least 4 members (excludes halogenated alkanes) is 1. The average molecular weight is 454 g/mol. The number of benzene rings is 2. The molecular weight excluding hydrogens is 422 g/mol. The highest BCUT2D eigenvalue weighted by Crippen LogP contribution is 2.44. The van der Waals surface area contributed by atoms with Crippen LogP contribution in [-0.4, -0.2) is 47.8 Å². The van der Waals surface area contributed by atoms with Crippen molar-refractivity contribution < 1.29 is 24.2 Å². The lowest BCUT2D eigenvalue weighted by atomic mass is 9.98. The zero-order chi connectivity index (χ0) is 24.0. The number of alkyl carbamates (subject to hydrolysis) is 1. The number of carbonyl (C=O) groups excluding carboxylic acids is 2. The minimum Gasteiger partial charge on any atom is -0.480 e. The van der Waals surface area contributed by atoms with Crippen LogP contribution in [0.15, 0.2) is 48.5 Å². The van der Waals surface area contributed by atoms with Gasteiger partial charge in [-0.05, 0) is 55.4 Å². The summed E-state index contributed by atoms with van der Waals surface area (Å²) in [6.45, 7) is 3.45. The van der Waals surface area contributed by atoms with Gasteiger partial charge in [0.1, 0.15) is 12.1 Å². The van der Waals surface area contributed by atoms with Crippen molar-refractivity contribution in [3.63, 3.8) is 0 Å². The van der Waals surface area contributed by atoms with E-state index in [1.807, 2.05) is 24.3 Å². The van der Waals surface area contributed by atoms with Gasteiger partial charge in [0.2, 0.25) is 5.91 Å². The molecule has 176 valence electrons. The number of nitrogens with two attached hydrogens (primary N) is 1. The molecule has 0 bridgehead atoms. The Balaban J connectivity index is 1.38. The number of hydrogen-bond donors (Lipinski definition) is 4. The van der Waals surface area contributed by atoms with Crippen molar-refractivity contribution in [2.75, 3.05) is 13.2 Å². The lowest BCUT2D eigenvalue weighted by Gasteiger charge is -2.23. The average Bonchev–Trinajstić information content (AvgIpc) is 3.10. The van der Waals surface area contributed by atoms with E-state index < -0.39 is 29.6 Å². The van der Waals surface area contributed by atoms with E-state index in [4.69, 9.17) is 15.6 Å². The number of aliphatic carboxylic acids is 1. The first-order valence-electron chi connectivity index (χ1n) is 11.1. The minimum absolute atomic E-state index is 0.00899. The molecule has 0 saturated carbocycles. The minimum atomic E-state index is -1.37. The van der Waals surface area contributed by atoms with Crippen molar-refractivity contribution in [3.05, 3.63) is 59.7 Å². The smallest absolute Gasteiger partial charge is 0.407 e. The van der Waals surface area contributed by atoms with Crippen LogP contribution in [0.3, 0.4) is 0 Å². The van der Waals surface area contributed by atoms with Crippen molar-refractivity contribution in [1.82, 2.24) is 10.6 Å². The number of hydrogen-bond acceptors (Lipinski definition) is 5. The van der Waals surface area contributed by atoms with Crippen molar-refractivity contribution >= 4 is 18.0 Å². The summed E-state index contributed by atoms with van der Waals surface area (Å²) in [5, 5.41) is 14.2. The van der Waals surface area contributed by atoms with Crippen molar-refractivity contribution in [1.29, 1.82) is 0 Å². The van der Waals surface area contributed by atoms with Gasteiger partial charge in [-0.3, -0.25) is 4.79 Å². The number of fused-ring (bicyclic) bond motifs is 3. The number of carboxylic acids is 1. The Hall–Kier alpha value is -3.39.